The molecule has 0 fully saturated rings. The van der Waals surface area contributed by atoms with Gasteiger partial charge in [0.2, 0.25) is 0 Å². The molecule has 32 heavy (non-hydrogen) atoms. The first-order valence-electron chi connectivity index (χ1n) is 9.90. The number of aromatic nitrogens is 6. The number of nitrogens with one attached hydrogen (secondary N) is 1. The first kappa shape index (κ1) is 19.4. The Hall–Kier alpha value is -4.53. The molecular formula is C23H20N8O. The van der Waals surface area contributed by atoms with E-state index in [-0.39, 0.29) is 5.91 Å². The molecule has 1 aromatic carbocycles. The summed E-state index contributed by atoms with van der Waals surface area (Å²) in [5.41, 5.74) is 12.6. The van der Waals surface area contributed by atoms with Crippen LogP contribution in [0.4, 0.5) is 11.5 Å². The number of rotatable bonds is 4. The molecule has 9 nitrogen and oxygen atoms in total. The summed E-state index contributed by atoms with van der Waals surface area (Å²) in [4.78, 5) is 24.9. The molecule has 1 amide bonds. The largest absolute Gasteiger partial charge is 0.383 e. The normalized spacial score (nSPS) is 11.2. The van der Waals surface area contributed by atoms with Crippen molar-refractivity contribution in [2.75, 3.05) is 11.1 Å². The molecular weight excluding hydrogens is 404 g/mol. The molecule has 0 saturated carbocycles. The smallest absolute Gasteiger partial charge is 0.250 e. The Kier molecular flexibility index (Phi) is 4.44. The van der Waals surface area contributed by atoms with Crippen LogP contribution in [0.3, 0.4) is 0 Å². The number of amides is 1. The van der Waals surface area contributed by atoms with Gasteiger partial charge >= 0.3 is 0 Å². The van der Waals surface area contributed by atoms with Crippen molar-refractivity contribution in [2.45, 2.75) is 6.92 Å². The molecule has 0 atom stereocenters. The molecule has 0 aliphatic carbocycles. The number of benzene rings is 1. The van der Waals surface area contributed by atoms with Crippen LogP contribution >= 0.6 is 0 Å². The quantitative estimate of drug-likeness (QED) is 0.427. The number of hydrogen-bond acceptors (Lipinski definition) is 6. The average molecular weight is 424 g/mol. The van der Waals surface area contributed by atoms with E-state index < -0.39 is 0 Å². The second-order valence-electron chi connectivity index (χ2n) is 7.53. The topological polar surface area (TPSA) is 116 Å². The maximum Gasteiger partial charge on any atom is 0.250 e. The van der Waals surface area contributed by atoms with Gasteiger partial charge in [-0.3, -0.25) is 4.79 Å². The summed E-state index contributed by atoms with van der Waals surface area (Å²) in [6.45, 7) is 5.34. The lowest BCUT2D eigenvalue weighted by molar-refractivity contribution is -0.112. The molecule has 3 N–H and O–H groups in total. The highest BCUT2D eigenvalue weighted by Gasteiger charge is 2.22. The molecule has 0 spiro atoms. The number of anilines is 2. The third kappa shape index (κ3) is 3.07. The van der Waals surface area contributed by atoms with E-state index in [9.17, 15) is 4.79 Å². The molecule has 0 bridgehead atoms. The van der Waals surface area contributed by atoms with Crippen LogP contribution in [0, 0.1) is 0 Å². The van der Waals surface area contributed by atoms with Crippen LogP contribution in [0.1, 0.15) is 6.92 Å². The van der Waals surface area contributed by atoms with Crippen molar-refractivity contribution in [1.29, 1.82) is 0 Å². The third-order valence-corrected chi connectivity index (χ3v) is 5.36. The minimum atomic E-state index is -0.216. The zero-order chi connectivity index (χ0) is 22.4. The van der Waals surface area contributed by atoms with Crippen LogP contribution in [0.15, 0.2) is 67.4 Å². The third-order valence-electron chi connectivity index (χ3n) is 5.36. The highest BCUT2D eigenvalue weighted by atomic mass is 16.1. The van der Waals surface area contributed by atoms with E-state index in [2.05, 4.69) is 31.9 Å². The Labute approximate surface area is 183 Å². The van der Waals surface area contributed by atoms with E-state index in [1.54, 1.807) is 11.4 Å². The number of nitrogens with zero attached hydrogens (tertiary/aromatic N) is 6. The zero-order valence-corrected chi connectivity index (χ0v) is 17.6. The summed E-state index contributed by atoms with van der Waals surface area (Å²) < 4.78 is 3.71. The first-order valence-corrected chi connectivity index (χ1v) is 9.90. The number of nitrogens with two attached hydrogens (primary N) is 1. The molecule has 0 aliphatic rings. The summed E-state index contributed by atoms with van der Waals surface area (Å²) >= 11 is 0. The molecule has 158 valence electrons. The predicted octanol–water partition coefficient (Wildman–Crippen LogP) is 3.44. The van der Waals surface area contributed by atoms with Gasteiger partial charge in [0.15, 0.2) is 5.65 Å². The SMILES string of the molecule is C=C(C)C(=O)Nc1ccc(-c2c(-c3ccc4ncnn4c3)c3c(N)ncnc3n2C)cc1. The van der Waals surface area contributed by atoms with E-state index in [1.807, 2.05) is 54.2 Å². The standard InChI is InChI=1S/C23H20N8O/c1-13(2)23(32)29-16-7-4-14(5-8-16)20-18(15-6-9-17-25-12-28-31(17)10-15)19-21(24)26-11-27-22(19)30(20)3/h4-12H,1H2,2-3H3,(H,29,32)(H2,24,26,27). The fourth-order valence-corrected chi connectivity index (χ4v) is 3.81. The van der Waals surface area contributed by atoms with Crippen LogP contribution in [0.2, 0.25) is 0 Å². The van der Waals surface area contributed by atoms with Crippen LogP contribution in [0.5, 0.6) is 0 Å². The van der Waals surface area contributed by atoms with Crippen LogP contribution in [-0.2, 0) is 11.8 Å². The Morgan fingerprint density at radius 2 is 1.78 bits per heavy atom. The number of carbonyl (C=O) groups excluding carboxylic acids is 1. The minimum Gasteiger partial charge on any atom is -0.383 e. The Morgan fingerprint density at radius 1 is 1.03 bits per heavy atom. The van der Waals surface area contributed by atoms with E-state index in [4.69, 9.17) is 5.73 Å². The lowest BCUT2D eigenvalue weighted by atomic mass is 10.00. The molecule has 9 heteroatoms. The lowest BCUT2D eigenvalue weighted by Gasteiger charge is -2.11. The van der Waals surface area contributed by atoms with E-state index in [1.165, 1.54) is 12.7 Å². The summed E-state index contributed by atoms with van der Waals surface area (Å²) in [5.74, 6) is 0.183. The maximum absolute atomic E-state index is 11.9. The molecule has 0 saturated heterocycles. The van der Waals surface area contributed by atoms with Gasteiger partial charge in [-0.15, -0.1) is 0 Å². The van der Waals surface area contributed by atoms with Crippen LogP contribution in [0.25, 0.3) is 39.1 Å². The van der Waals surface area contributed by atoms with E-state index in [0.717, 1.165) is 39.1 Å². The second kappa shape index (κ2) is 7.31. The van der Waals surface area contributed by atoms with Crippen molar-refractivity contribution >= 4 is 34.1 Å². The van der Waals surface area contributed by atoms with Gasteiger partial charge in [-0.05, 0) is 36.8 Å². The second-order valence-corrected chi connectivity index (χ2v) is 7.53. The molecule has 0 aliphatic heterocycles. The van der Waals surface area contributed by atoms with Crippen molar-refractivity contribution in [3.63, 3.8) is 0 Å². The molecule has 4 aromatic heterocycles. The van der Waals surface area contributed by atoms with Crippen molar-refractivity contribution in [2.24, 2.45) is 7.05 Å². The summed E-state index contributed by atoms with van der Waals surface area (Å²) in [7, 11) is 1.94. The summed E-state index contributed by atoms with van der Waals surface area (Å²) in [6.07, 6.45) is 4.88. The summed E-state index contributed by atoms with van der Waals surface area (Å²) in [5, 5.41) is 7.85. The Morgan fingerprint density at radius 3 is 2.53 bits per heavy atom. The number of carbonyl (C=O) groups is 1. The predicted molar refractivity (Wildman–Crippen MR) is 124 cm³/mol. The zero-order valence-electron chi connectivity index (χ0n) is 17.6. The minimum absolute atomic E-state index is 0.216. The van der Waals surface area contributed by atoms with E-state index >= 15 is 0 Å². The highest BCUT2D eigenvalue weighted by molar-refractivity contribution is 6.08. The Balaban J connectivity index is 1.72. The lowest BCUT2D eigenvalue weighted by Crippen LogP contribution is -2.11. The van der Waals surface area contributed by atoms with Crippen molar-refractivity contribution in [3.8, 4) is 22.4 Å². The molecule has 5 aromatic rings. The molecule has 0 radical (unpaired) electrons. The number of pyridine rings is 1. The number of hydrogen-bond donors (Lipinski definition) is 2. The highest BCUT2D eigenvalue weighted by Crippen LogP contribution is 2.41. The number of nitrogen functional groups attached to an aromatic ring is 1. The fourth-order valence-electron chi connectivity index (χ4n) is 3.81. The van der Waals surface area contributed by atoms with Crippen molar-refractivity contribution in [3.05, 3.63) is 67.4 Å². The van der Waals surface area contributed by atoms with Gasteiger partial charge in [-0.25, -0.2) is 19.5 Å². The van der Waals surface area contributed by atoms with Gasteiger partial charge in [0.1, 0.15) is 24.1 Å². The van der Waals surface area contributed by atoms with Crippen LogP contribution in [-0.4, -0.2) is 35.0 Å². The monoisotopic (exact) mass is 424 g/mol. The molecule has 5 rings (SSSR count). The van der Waals surface area contributed by atoms with E-state index in [0.29, 0.717) is 17.1 Å². The van der Waals surface area contributed by atoms with Crippen molar-refractivity contribution < 1.29 is 4.79 Å². The van der Waals surface area contributed by atoms with Gasteiger partial charge < -0.3 is 15.6 Å². The average Bonchev–Trinajstić information content (AvgIpc) is 3.37. The Bertz CT molecular complexity index is 1510. The maximum atomic E-state index is 11.9. The van der Waals surface area contributed by atoms with Gasteiger partial charge in [0.25, 0.3) is 5.91 Å². The van der Waals surface area contributed by atoms with Gasteiger partial charge in [-0.1, -0.05) is 18.7 Å². The van der Waals surface area contributed by atoms with Gasteiger partial charge in [0.05, 0.1) is 11.1 Å². The van der Waals surface area contributed by atoms with Crippen LogP contribution < -0.4 is 11.1 Å². The number of aryl methyl sites for hydroxylation is 1. The van der Waals surface area contributed by atoms with Gasteiger partial charge in [0, 0.05) is 35.6 Å². The molecule has 0 unspecified atom stereocenters. The van der Waals surface area contributed by atoms with Crippen molar-refractivity contribution in [1.82, 2.24) is 29.1 Å². The fraction of sp³-hybridized carbons (Fsp3) is 0.0870. The number of fused-ring (bicyclic) bond motifs is 2. The van der Waals surface area contributed by atoms with Gasteiger partial charge in [-0.2, -0.15) is 5.10 Å². The molecule has 4 heterocycles. The summed E-state index contributed by atoms with van der Waals surface area (Å²) in [6, 6.07) is 11.5. The first-order chi connectivity index (χ1) is 15.4.